The van der Waals surface area contributed by atoms with Crippen LogP contribution >= 0.6 is 11.6 Å². The molecule has 1 aliphatic heterocycles. The van der Waals surface area contributed by atoms with E-state index in [9.17, 15) is 14.4 Å². The average molecular weight is 500 g/mol. The molecule has 2 heterocycles. The van der Waals surface area contributed by atoms with Gasteiger partial charge < -0.3 is 9.32 Å². The normalized spacial score (nSPS) is 14.9. The number of rotatable bonds is 5. The molecule has 1 fully saturated rings. The Kier molecular flexibility index (Phi) is 6.86. The van der Waals surface area contributed by atoms with Gasteiger partial charge in [0.25, 0.3) is 0 Å². The van der Waals surface area contributed by atoms with E-state index < -0.39 is 5.63 Å². The van der Waals surface area contributed by atoms with Crippen LogP contribution in [0.5, 0.6) is 0 Å². The standard InChI is InChI=1S/C29H23ClFN3O2/c30-23-10-6-22(7-11-23)28(21-4-2-1-3-5-21)34-16-14-33(15-17-34)26-18-27(36-29(35)25(26)19-32)20-8-12-24(31)13-9-20/h1-13,18,28H,14-17H2. The van der Waals surface area contributed by atoms with Gasteiger partial charge in [-0.1, -0.05) is 54.1 Å². The fraction of sp³-hybridized carbons (Fsp3) is 0.172. The SMILES string of the molecule is N#Cc1c(N2CCN(C(c3ccccc3)c3ccc(Cl)cc3)CC2)cc(-c2ccc(F)cc2)oc1=O. The van der Waals surface area contributed by atoms with E-state index in [-0.39, 0.29) is 17.4 Å². The molecule has 0 radical (unpaired) electrons. The van der Waals surface area contributed by atoms with Crippen LogP contribution in [0.1, 0.15) is 22.7 Å². The molecule has 1 aromatic heterocycles. The van der Waals surface area contributed by atoms with Crippen LogP contribution in [0.15, 0.2) is 94.1 Å². The summed E-state index contributed by atoms with van der Waals surface area (Å²) in [6, 6.07) is 27.7. The van der Waals surface area contributed by atoms with Crippen molar-refractivity contribution in [2.75, 3.05) is 31.1 Å². The predicted octanol–water partition coefficient (Wildman–Crippen LogP) is 5.88. The number of nitriles is 1. The maximum Gasteiger partial charge on any atom is 0.356 e. The Balaban J connectivity index is 1.43. The first-order valence-electron chi connectivity index (χ1n) is 11.7. The van der Waals surface area contributed by atoms with Gasteiger partial charge in [-0.05, 0) is 47.5 Å². The summed E-state index contributed by atoms with van der Waals surface area (Å²) < 4.78 is 18.8. The van der Waals surface area contributed by atoms with Crippen molar-refractivity contribution < 1.29 is 8.81 Å². The van der Waals surface area contributed by atoms with Crippen LogP contribution < -0.4 is 10.5 Å². The van der Waals surface area contributed by atoms with Gasteiger partial charge in [0.2, 0.25) is 0 Å². The van der Waals surface area contributed by atoms with Crippen molar-refractivity contribution in [2.24, 2.45) is 0 Å². The van der Waals surface area contributed by atoms with E-state index in [1.54, 1.807) is 18.2 Å². The molecule has 0 bridgehead atoms. The topological polar surface area (TPSA) is 60.5 Å². The summed E-state index contributed by atoms with van der Waals surface area (Å²) in [4.78, 5) is 17.1. The second-order valence-corrected chi connectivity index (χ2v) is 9.10. The summed E-state index contributed by atoms with van der Waals surface area (Å²) in [7, 11) is 0. The Morgan fingerprint density at radius 2 is 1.53 bits per heavy atom. The number of benzene rings is 3. The monoisotopic (exact) mass is 499 g/mol. The van der Waals surface area contributed by atoms with Crippen molar-refractivity contribution in [1.82, 2.24) is 4.90 Å². The lowest BCUT2D eigenvalue weighted by molar-refractivity contribution is 0.212. The first kappa shape index (κ1) is 23.8. The third kappa shape index (κ3) is 4.90. The van der Waals surface area contributed by atoms with Gasteiger partial charge in [-0.3, -0.25) is 4.90 Å². The van der Waals surface area contributed by atoms with Gasteiger partial charge in [0.05, 0.1) is 11.7 Å². The average Bonchev–Trinajstić information content (AvgIpc) is 2.91. The van der Waals surface area contributed by atoms with Crippen molar-refractivity contribution in [2.45, 2.75) is 6.04 Å². The van der Waals surface area contributed by atoms with Gasteiger partial charge in [0.1, 0.15) is 17.6 Å². The first-order valence-corrected chi connectivity index (χ1v) is 12.0. The fourth-order valence-electron chi connectivity index (χ4n) is 4.71. The Hall–Kier alpha value is -3.92. The highest BCUT2D eigenvalue weighted by molar-refractivity contribution is 6.30. The molecular formula is C29H23ClFN3O2. The van der Waals surface area contributed by atoms with Crippen molar-refractivity contribution in [1.29, 1.82) is 5.26 Å². The third-order valence-electron chi connectivity index (χ3n) is 6.49. The minimum absolute atomic E-state index is 0.0216. The summed E-state index contributed by atoms with van der Waals surface area (Å²) in [6.07, 6.45) is 0. The summed E-state index contributed by atoms with van der Waals surface area (Å²) in [5, 5.41) is 10.4. The predicted molar refractivity (Wildman–Crippen MR) is 139 cm³/mol. The van der Waals surface area contributed by atoms with E-state index in [1.807, 2.05) is 41.3 Å². The maximum atomic E-state index is 13.4. The molecule has 4 aromatic rings. The van der Waals surface area contributed by atoms with E-state index in [1.165, 1.54) is 17.7 Å². The fourth-order valence-corrected chi connectivity index (χ4v) is 4.83. The highest BCUT2D eigenvalue weighted by Crippen LogP contribution is 2.32. The zero-order valence-corrected chi connectivity index (χ0v) is 20.2. The molecule has 7 heteroatoms. The van der Waals surface area contributed by atoms with E-state index >= 15 is 0 Å². The molecule has 5 rings (SSSR count). The van der Waals surface area contributed by atoms with Crippen LogP contribution in [0.25, 0.3) is 11.3 Å². The molecule has 36 heavy (non-hydrogen) atoms. The van der Waals surface area contributed by atoms with E-state index in [4.69, 9.17) is 16.0 Å². The number of halogens is 2. The Labute approximate surface area is 213 Å². The summed E-state index contributed by atoms with van der Waals surface area (Å²) >= 11 is 6.14. The van der Waals surface area contributed by atoms with Crippen LogP contribution in [0.4, 0.5) is 10.1 Å². The van der Waals surface area contributed by atoms with Crippen molar-refractivity contribution in [3.63, 3.8) is 0 Å². The highest BCUT2D eigenvalue weighted by atomic mass is 35.5. The first-order chi connectivity index (χ1) is 17.5. The van der Waals surface area contributed by atoms with E-state index in [0.717, 1.165) is 18.7 Å². The summed E-state index contributed by atoms with van der Waals surface area (Å²) in [5.74, 6) is -0.0699. The molecule has 0 spiro atoms. The molecule has 0 saturated carbocycles. The molecule has 1 saturated heterocycles. The smallest absolute Gasteiger partial charge is 0.356 e. The molecule has 180 valence electrons. The van der Waals surface area contributed by atoms with Crippen molar-refractivity contribution in [3.05, 3.63) is 123 Å². The summed E-state index contributed by atoms with van der Waals surface area (Å²) in [5.41, 5.74) is 2.73. The van der Waals surface area contributed by atoms with Crippen molar-refractivity contribution >= 4 is 17.3 Å². The number of nitrogens with zero attached hydrogens (tertiary/aromatic N) is 3. The number of hydrogen-bond acceptors (Lipinski definition) is 5. The van der Waals surface area contributed by atoms with Crippen LogP contribution in [0.2, 0.25) is 5.02 Å². The minimum atomic E-state index is -0.694. The number of anilines is 1. The Morgan fingerprint density at radius 3 is 2.17 bits per heavy atom. The molecule has 5 nitrogen and oxygen atoms in total. The van der Waals surface area contributed by atoms with Gasteiger partial charge in [-0.25, -0.2) is 9.18 Å². The molecule has 1 unspecified atom stereocenters. The number of piperazine rings is 1. The van der Waals surface area contributed by atoms with Gasteiger partial charge in [0, 0.05) is 42.8 Å². The Bertz CT molecular complexity index is 1440. The van der Waals surface area contributed by atoms with E-state index in [0.29, 0.717) is 35.1 Å². The second kappa shape index (κ2) is 10.4. The molecule has 0 N–H and O–H groups in total. The summed E-state index contributed by atoms with van der Waals surface area (Å²) in [6.45, 7) is 2.69. The van der Waals surface area contributed by atoms with Crippen LogP contribution in [-0.4, -0.2) is 31.1 Å². The highest BCUT2D eigenvalue weighted by Gasteiger charge is 2.28. The van der Waals surface area contributed by atoms with Crippen molar-refractivity contribution in [3.8, 4) is 17.4 Å². The molecule has 1 atom stereocenters. The largest absolute Gasteiger partial charge is 0.422 e. The van der Waals surface area contributed by atoms with Gasteiger partial charge in [-0.15, -0.1) is 0 Å². The lowest BCUT2D eigenvalue weighted by Crippen LogP contribution is -2.48. The quantitative estimate of drug-likeness (QED) is 0.343. The molecular weight excluding hydrogens is 477 g/mol. The van der Waals surface area contributed by atoms with Gasteiger partial charge in [-0.2, -0.15) is 5.26 Å². The molecule has 3 aromatic carbocycles. The van der Waals surface area contributed by atoms with E-state index in [2.05, 4.69) is 29.2 Å². The van der Waals surface area contributed by atoms with Crippen LogP contribution in [0.3, 0.4) is 0 Å². The van der Waals surface area contributed by atoms with Gasteiger partial charge >= 0.3 is 5.63 Å². The molecule has 0 aliphatic carbocycles. The zero-order valence-electron chi connectivity index (χ0n) is 19.4. The third-order valence-corrected chi connectivity index (χ3v) is 6.74. The lowest BCUT2D eigenvalue weighted by Gasteiger charge is -2.40. The van der Waals surface area contributed by atoms with Gasteiger partial charge in [0.15, 0.2) is 5.56 Å². The maximum absolute atomic E-state index is 13.4. The molecule has 1 aliphatic rings. The van der Waals surface area contributed by atoms with Crippen LogP contribution in [0, 0.1) is 17.1 Å². The number of hydrogen-bond donors (Lipinski definition) is 0. The minimum Gasteiger partial charge on any atom is -0.422 e. The van der Waals surface area contributed by atoms with Crippen LogP contribution in [-0.2, 0) is 0 Å². The lowest BCUT2D eigenvalue weighted by atomic mass is 9.96. The zero-order chi connectivity index (χ0) is 25.1. The second-order valence-electron chi connectivity index (χ2n) is 8.66. The molecule has 0 amide bonds. The Morgan fingerprint density at radius 1 is 0.889 bits per heavy atom.